The van der Waals surface area contributed by atoms with Gasteiger partial charge in [0.25, 0.3) is 11.8 Å². The number of hydrogen-bond acceptors (Lipinski definition) is 8. The molecule has 0 radical (unpaired) electrons. The van der Waals surface area contributed by atoms with Gasteiger partial charge in [0.05, 0.1) is 13.7 Å². The van der Waals surface area contributed by atoms with Crippen molar-refractivity contribution < 1.29 is 28.6 Å². The number of pyridine rings is 1. The van der Waals surface area contributed by atoms with Crippen LogP contribution in [0.15, 0.2) is 40.8 Å². The van der Waals surface area contributed by atoms with Crippen LogP contribution in [0.2, 0.25) is 0 Å². The minimum Gasteiger partial charge on any atom is -0.497 e. The third kappa shape index (κ3) is 4.03. The number of ether oxygens (including phenoxy) is 1. The number of fused-ring (bicyclic) bond motifs is 2. The minimum absolute atomic E-state index is 0.109. The third-order valence-corrected chi connectivity index (χ3v) is 7.73. The van der Waals surface area contributed by atoms with Crippen LogP contribution < -0.4 is 20.3 Å². The number of methoxy groups -OCH3 is 1. The molecule has 2 aromatic heterocycles. The van der Waals surface area contributed by atoms with Crippen LogP contribution in [0.5, 0.6) is 5.75 Å². The maximum atomic E-state index is 13.2. The zero-order valence-corrected chi connectivity index (χ0v) is 21.0. The van der Waals surface area contributed by atoms with Gasteiger partial charge in [-0.25, -0.2) is 9.78 Å². The molecule has 0 saturated carbocycles. The summed E-state index contributed by atoms with van der Waals surface area (Å²) in [6.07, 6.45) is 2.87. The summed E-state index contributed by atoms with van der Waals surface area (Å²) in [6.45, 7) is 2.03. The van der Waals surface area contributed by atoms with Crippen molar-refractivity contribution in [3.8, 4) is 5.75 Å². The molecule has 4 amide bonds. The maximum absolute atomic E-state index is 13.2. The van der Waals surface area contributed by atoms with Crippen molar-refractivity contribution in [2.45, 2.75) is 31.3 Å². The zero-order chi connectivity index (χ0) is 26.4. The number of aromatic nitrogens is 1. The molecule has 3 aliphatic rings. The minimum atomic E-state index is -1.60. The Balaban J connectivity index is 1.31. The summed E-state index contributed by atoms with van der Waals surface area (Å²) in [6, 6.07) is 9.98. The molecule has 38 heavy (non-hydrogen) atoms. The Hall–Kier alpha value is -4.12. The Labute approximate surface area is 218 Å². The molecule has 1 unspecified atom stereocenters. The number of carbonyl (C=O) groups excluding carboxylic acids is 3. The van der Waals surface area contributed by atoms with Crippen molar-refractivity contribution >= 4 is 34.8 Å². The van der Waals surface area contributed by atoms with Crippen molar-refractivity contribution in [1.29, 1.82) is 0 Å². The average molecular weight is 520 g/mol. The number of piperidine rings is 1. The first kappa shape index (κ1) is 24.2. The number of aliphatic hydroxyl groups excluding tert-OH is 1. The van der Waals surface area contributed by atoms with Crippen LogP contribution in [-0.4, -0.2) is 66.2 Å². The second-order valence-corrected chi connectivity index (χ2v) is 10.1. The van der Waals surface area contributed by atoms with Gasteiger partial charge in [0, 0.05) is 37.9 Å². The molecule has 5 heterocycles. The van der Waals surface area contributed by atoms with Gasteiger partial charge in [-0.05, 0) is 55.0 Å². The highest BCUT2D eigenvalue weighted by Crippen LogP contribution is 2.35. The van der Waals surface area contributed by atoms with Crippen molar-refractivity contribution in [2.75, 3.05) is 38.3 Å². The predicted molar refractivity (Wildman–Crippen MR) is 137 cm³/mol. The number of nitrogens with one attached hydrogen (secondary N) is 2. The van der Waals surface area contributed by atoms with Crippen LogP contribution in [0.4, 0.5) is 10.6 Å². The molecule has 11 nitrogen and oxygen atoms in total. The number of hydrogen-bond donors (Lipinski definition) is 3. The van der Waals surface area contributed by atoms with Gasteiger partial charge >= 0.3 is 6.03 Å². The van der Waals surface area contributed by atoms with Gasteiger partial charge in [-0.2, -0.15) is 0 Å². The number of imide groups is 1. The zero-order valence-electron chi connectivity index (χ0n) is 21.0. The van der Waals surface area contributed by atoms with E-state index in [9.17, 15) is 19.5 Å². The molecule has 2 atom stereocenters. The normalized spacial score (nSPS) is 23.1. The lowest BCUT2D eigenvalue weighted by molar-refractivity contribution is -0.125. The van der Waals surface area contributed by atoms with E-state index >= 15 is 0 Å². The predicted octanol–water partition coefficient (Wildman–Crippen LogP) is 2.13. The second kappa shape index (κ2) is 9.32. The van der Waals surface area contributed by atoms with Crippen molar-refractivity contribution in [2.24, 2.45) is 5.92 Å². The first-order valence-corrected chi connectivity index (χ1v) is 12.8. The molecule has 2 saturated heterocycles. The Morgan fingerprint density at radius 1 is 1.21 bits per heavy atom. The number of anilines is 1. The topological polar surface area (TPSA) is 137 Å². The van der Waals surface area contributed by atoms with Gasteiger partial charge in [-0.15, -0.1) is 0 Å². The van der Waals surface area contributed by atoms with Gasteiger partial charge in [0.15, 0.2) is 11.1 Å². The van der Waals surface area contributed by atoms with Gasteiger partial charge in [0.2, 0.25) is 0 Å². The van der Waals surface area contributed by atoms with Crippen molar-refractivity contribution in [3.05, 3.63) is 53.3 Å². The number of nitrogens with zero attached hydrogens (tertiary/aromatic N) is 3. The summed E-state index contributed by atoms with van der Waals surface area (Å²) >= 11 is 0. The smallest absolute Gasteiger partial charge is 0.322 e. The van der Waals surface area contributed by atoms with E-state index in [4.69, 9.17) is 14.1 Å². The molecule has 3 aromatic rings. The van der Waals surface area contributed by atoms with E-state index in [0.29, 0.717) is 28.3 Å². The van der Waals surface area contributed by atoms with Crippen molar-refractivity contribution in [3.63, 3.8) is 0 Å². The van der Waals surface area contributed by atoms with Crippen LogP contribution in [0.3, 0.4) is 0 Å². The summed E-state index contributed by atoms with van der Waals surface area (Å²) in [4.78, 5) is 47.3. The highest BCUT2D eigenvalue weighted by atomic mass is 16.5. The molecule has 0 aliphatic carbocycles. The van der Waals surface area contributed by atoms with Crippen LogP contribution in [-0.2, 0) is 16.9 Å². The molecule has 3 aliphatic heterocycles. The average Bonchev–Trinajstić information content (AvgIpc) is 3.57. The Kier molecular flexibility index (Phi) is 5.94. The fraction of sp³-hybridized carbons (Fsp3) is 0.407. The van der Waals surface area contributed by atoms with E-state index in [1.807, 2.05) is 18.2 Å². The van der Waals surface area contributed by atoms with E-state index in [2.05, 4.69) is 15.5 Å². The summed E-state index contributed by atoms with van der Waals surface area (Å²) in [5.41, 5.74) is 0.739. The number of rotatable bonds is 7. The highest BCUT2D eigenvalue weighted by Gasteiger charge is 2.53. The quantitative estimate of drug-likeness (QED) is 0.404. The van der Waals surface area contributed by atoms with Crippen LogP contribution in [0.1, 0.15) is 40.9 Å². The van der Waals surface area contributed by atoms with Crippen LogP contribution in [0.25, 0.3) is 11.1 Å². The number of urea groups is 1. The molecular formula is C27H29N5O6. The SMILES string of the molecule is COc1ccc2c(c1)C(=O)N(C[C@@]1(c3cc4nc(N5CCCC(CCO)C5)ccc4o3)NC(=O)NC1=O)C2. The molecule has 0 bridgehead atoms. The molecule has 3 N–H and O–H groups in total. The first-order valence-electron chi connectivity index (χ1n) is 12.8. The van der Waals surface area contributed by atoms with E-state index in [0.717, 1.165) is 43.7 Å². The number of carbonyl (C=O) groups is 3. The summed E-state index contributed by atoms with van der Waals surface area (Å²) < 4.78 is 11.3. The lowest BCUT2D eigenvalue weighted by atomic mass is 9.95. The number of amides is 4. The van der Waals surface area contributed by atoms with E-state index in [1.54, 1.807) is 18.2 Å². The van der Waals surface area contributed by atoms with Crippen molar-refractivity contribution in [1.82, 2.24) is 20.5 Å². The van der Waals surface area contributed by atoms with Gasteiger partial charge in [-0.3, -0.25) is 14.9 Å². The number of aliphatic hydroxyl groups is 1. The monoisotopic (exact) mass is 519 g/mol. The fourth-order valence-corrected chi connectivity index (χ4v) is 5.73. The molecule has 0 spiro atoms. The van der Waals surface area contributed by atoms with Crippen LogP contribution >= 0.6 is 0 Å². The first-order chi connectivity index (χ1) is 18.4. The summed E-state index contributed by atoms with van der Waals surface area (Å²) in [5.74, 6) is 1.13. The standard InChI is InChI=1S/C27H29N5O6/c1-37-18-5-4-17-14-32(24(34)19(17)11-18)15-27(25(35)29-26(36)30-27)22-12-20-21(38-22)6-7-23(28-20)31-9-2-3-16(13-31)8-10-33/h4-7,11-12,16,33H,2-3,8-10,13-15H2,1H3,(H2,29,30,35,36)/t16?,27-/m0/s1. The largest absolute Gasteiger partial charge is 0.497 e. The third-order valence-electron chi connectivity index (χ3n) is 7.73. The Morgan fingerprint density at radius 2 is 2.08 bits per heavy atom. The number of benzene rings is 1. The van der Waals surface area contributed by atoms with E-state index < -0.39 is 17.5 Å². The lowest BCUT2D eigenvalue weighted by Gasteiger charge is -2.33. The van der Waals surface area contributed by atoms with E-state index in [-0.39, 0.29) is 31.4 Å². The van der Waals surface area contributed by atoms with E-state index in [1.165, 1.54) is 12.0 Å². The molecule has 1 aromatic carbocycles. The summed E-state index contributed by atoms with van der Waals surface area (Å²) in [7, 11) is 1.53. The molecule has 6 rings (SSSR count). The molecule has 11 heteroatoms. The van der Waals surface area contributed by atoms with Crippen LogP contribution in [0, 0.1) is 5.92 Å². The second-order valence-electron chi connectivity index (χ2n) is 10.1. The van der Waals surface area contributed by atoms with Gasteiger partial charge in [-0.1, -0.05) is 6.07 Å². The molecular weight excluding hydrogens is 490 g/mol. The molecule has 198 valence electrons. The van der Waals surface area contributed by atoms with Gasteiger partial charge < -0.3 is 29.4 Å². The van der Waals surface area contributed by atoms with Gasteiger partial charge in [0.1, 0.15) is 22.8 Å². The highest BCUT2D eigenvalue weighted by molar-refractivity contribution is 6.08. The maximum Gasteiger partial charge on any atom is 0.322 e. The molecule has 2 fully saturated rings. The lowest BCUT2D eigenvalue weighted by Crippen LogP contribution is -2.52. The fourth-order valence-electron chi connectivity index (χ4n) is 5.73. The Bertz CT molecular complexity index is 1430. The number of furan rings is 1. The Morgan fingerprint density at radius 3 is 2.84 bits per heavy atom. The summed E-state index contributed by atoms with van der Waals surface area (Å²) in [5, 5.41) is 14.4.